The topological polar surface area (TPSA) is 29.1 Å². The molecule has 0 aromatic carbocycles. The Bertz CT molecular complexity index is 184. The van der Waals surface area contributed by atoms with Gasteiger partial charge >= 0.3 is 0 Å². The van der Waals surface area contributed by atoms with Crippen LogP contribution in [0.15, 0.2) is 24.8 Å². The summed E-state index contributed by atoms with van der Waals surface area (Å²) in [5.41, 5.74) is 0. The van der Waals surface area contributed by atoms with Crippen molar-refractivity contribution >= 4 is 5.78 Å². The molecular weight excluding hydrogens is 138 g/mol. The SMILES string of the molecule is C=CC=CC1CC(=O)CCN1. The van der Waals surface area contributed by atoms with Crippen molar-refractivity contribution in [3.63, 3.8) is 0 Å². The largest absolute Gasteiger partial charge is 0.310 e. The quantitative estimate of drug-likeness (QED) is 0.598. The fourth-order valence-electron chi connectivity index (χ4n) is 1.17. The van der Waals surface area contributed by atoms with Crippen molar-refractivity contribution in [2.24, 2.45) is 0 Å². The summed E-state index contributed by atoms with van der Waals surface area (Å²) in [5.74, 6) is 0.350. The van der Waals surface area contributed by atoms with Crippen LogP contribution in [0.3, 0.4) is 0 Å². The number of ketones is 1. The van der Waals surface area contributed by atoms with Gasteiger partial charge in [-0.15, -0.1) is 0 Å². The van der Waals surface area contributed by atoms with Crippen LogP contribution in [0.25, 0.3) is 0 Å². The molecule has 0 aliphatic carbocycles. The van der Waals surface area contributed by atoms with E-state index >= 15 is 0 Å². The number of carbonyl (C=O) groups excluding carboxylic acids is 1. The Balaban J connectivity index is 2.39. The van der Waals surface area contributed by atoms with Crippen molar-refractivity contribution < 1.29 is 4.79 Å². The summed E-state index contributed by atoms with van der Waals surface area (Å²) in [7, 11) is 0. The van der Waals surface area contributed by atoms with Crippen molar-refractivity contribution in [1.29, 1.82) is 0 Å². The van der Waals surface area contributed by atoms with Crippen LogP contribution in [-0.4, -0.2) is 18.4 Å². The molecule has 0 radical (unpaired) electrons. The molecule has 0 aromatic heterocycles. The van der Waals surface area contributed by atoms with Crippen molar-refractivity contribution in [3.8, 4) is 0 Å². The number of piperidine rings is 1. The average molecular weight is 151 g/mol. The van der Waals surface area contributed by atoms with Gasteiger partial charge in [-0.3, -0.25) is 4.79 Å². The number of Topliss-reactive ketones (excluding diaryl/α,β-unsaturated/α-hetero) is 1. The van der Waals surface area contributed by atoms with E-state index < -0.39 is 0 Å². The standard InChI is InChI=1S/C9H13NO/c1-2-3-4-8-7-9(11)5-6-10-8/h2-4,8,10H,1,5-7H2. The monoisotopic (exact) mass is 151 g/mol. The molecule has 1 atom stereocenters. The number of allylic oxidation sites excluding steroid dienone is 2. The van der Waals surface area contributed by atoms with Gasteiger partial charge in [0.2, 0.25) is 0 Å². The number of hydrogen-bond acceptors (Lipinski definition) is 2. The molecule has 1 heterocycles. The van der Waals surface area contributed by atoms with Gasteiger partial charge in [-0.25, -0.2) is 0 Å². The van der Waals surface area contributed by atoms with Crippen LogP contribution in [0, 0.1) is 0 Å². The zero-order chi connectivity index (χ0) is 8.10. The zero-order valence-corrected chi connectivity index (χ0v) is 6.55. The first-order valence-corrected chi connectivity index (χ1v) is 3.87. The van der Waals surface area contributed by atoms with Crippen molar-refractivity contribution in [2.45, 2.75) is 18.9 Å². The Morgan fingerprint density at radius 3 is 3.09 bits per heavy atom. The van der Waals surface area contributed by atoms with E-state index in [-0.39, 0.29) is 6.04 Å². The van der Waals surface area contributed by atoms with E-state index in [1.54, 1.807) is 6.08 Å². The fourth-order valence-corrected chi connectivity index (χ4v) is 1.17. The molecule has 1 aliphatic heterocycles. The van der Waals surface area contributed by atoms with Gasteiger partial charge in [-0.1, -0.05) is 24.8 Å². The molecule has 11 heavy (non-hydrogen) atoms. The smallest absolute Gasteiger partial charge is 0.136 e. The van der Waals surface area contributed by atoms with Gasteiger partial charge in [0.1, 0.15) is 5.78 Å². The maximum atomic E-state index is 10.9. The van der Waals surface area contributed by atoms with Crippen LogP contribution < -0.4 is 5.32 Å². The van der Waals surface area contributed by atoms with Crippen LogP contribution in [0.4, 0.5) is 0 Å². The van der Waals surface area contributed by atoms with Gasteiger partial charge in [0.15, 0.2) is 0 Å². The van der Waals surface area contributed by atoms with Crippen LogP contribution in [0.2, 0.25) is 0 Å². The fraction of sp³-hybridized carbons (Fsp3) is 0.444. The van der Waals surface area contributed by atoms with Crippen LogP contribution in [-0.2, 0) is 4.79 Å². The zero-order valence-electron chi connectivity index (χ0n) is 6.55. The van der Waals surface area contributed by atoms with Gasteiger partial charge in [-0.05, 0) is 0 Å². The molecule has 0 aromatic rings. The van der Waals surface area contributed by atoms with Gasteiger partial charge < -0.3 is 5.32 Å². The van der Waals surface area contributed by atoms with Crippen LogP contribution >= 0.6 is 0 Å². The Kier molecular flexibility index (Phi) is 3.05. The number of hydrogen-bond donors (Lipinski definition) is 1. The number of rotatable bonds is 2. The molecule has 1 N–H and O–H groups in total. The maximum Gasteiger partial charge on any atom is 0.136 e. The molecule has 0 amide bonds. The summed E-state index contributed by atoms with van der Waals surface area (Å²) in [6.45, 7) is 4.38. The van der Waals surface area contributed by atoms with E-state index in [2.05, 4.69) is 11.9 Å². The number of nitrogens with one attached hydrogen (secondary N) is 1. The molecule has 1 saturated heterocycles. The first-order chi connectivity index (χ1) is 5.33. The highest BCUT2D eigenvalue weighted by Gasteiger charge is 2.15. The molecule has 2 heteroatoms. The first-order valence-electron chi connectivity index (χ1n) is 3.87. The molecule has 1 unspecified atom stereocenters. The van der Waals surface area contributed by atoms with Crippen molar-refractivity contribution in [1.82, 2.24) is 5.32 Å². The molecule has 1 aliphatic rings. The summed E-state index contributed by atoms with van der Waals surface area (Å²) in [5, 5.41) is 3.23. The first kappa shape index (κ1) is 8.21. The Morgan fingerprint density at radius 2 is 2.45 bits per heavy atom. The Labute approximate surface area is 67.0 Å². The molecule has 0 spiro atoms. The third-order valence-corrected chi connectivity index (χ3v) is 1.74. The van der Waals surface area contributed by atoms with E-state index in [4.69, 9.17) is 0 Å². The van der Waals surface area contributed by atoms with Crippen LogP contribution in [0.5, 0.6) is 0 Å². The van der Waals surface area contributed by atoms with Gasteiger partial charge in [0, 0.05) is 25.4 Å². The number of carbonyl (C=O) groups is 1. The summed E-state index contributed by atoms with van der Waals surface area (Å²) >= 11 is 0. The van der Waals surface area contributed by atoms with Gasteiger partial charge in [0.05, 0.1) is 0 Å². The van der Waals surface area contributed by atoms with E-state index in [9.17, 15) is 4.79 Å². The van der Waals surface area contributed by atoms with Crippen molar-refractivity contribution in [2.75, 3.05) is 6.54 Å². The van der Waals surface area contributed by atoms with E-state index in [0.717, 1.165) is 6.54 Å². The second-order valence-corrected chi connectivity index (χ2v) is 2.67. The third-order valence-electron chi connectivity index (χ3n) is 1.74. The molecular formula is C9H13NO. The average Bonchev–Trinajstić information content (AvgIpc) is 2.01. The predicted molar refractivity (Wildman–Crippen MR) is 45.4 cm³/mol. The summed E-state index contributed by atoms with van der Waals surface area (Å²) < 4.78 is 0. The summed E-state index contributed by atoms with van der Waals surface area (Å²) in [4.78, 5) is 10.9. The maximum absolute atomic E-state index is 10.9. The Morgan fingerprint density at radius 1 is 1.64 bits per heavy atom. The summed E-state index contributed by atoms with van der Waals surface area (Å²) in [6, 6.07) is 0.231. The van der Waals surface area contributed by atoms with E-state index in [1.165, 1.54) is 0 Å². The van der Waals surface area contributed by atoms with Gasteiger partial charge in [-0.2, -0.15) is 0 Å². The minimum Gasteiger partial charge on any atom is -0.310 e. The lowest BCUT2D eigenvalue weighted by Gasteiger charge is -2.18. The highest BCUT2D eigenvalue weighted by atomic mass is 16.1. The molecule has 2 nitrogen and oxygen atoms in total. The van der Waals surface area contributed by atoms with E-state index in [1.807, 2.05) is 12.2 Å². The third kappa shape index (κ3) is 2.68. The lowest BCUT2D eigenvalue weighted by molar-refractivity contribution is -0.120. The van der Waals surface area contributed by atoms with E-state index in [0.29, 0.717) is 18.6 Å². The second kappa shape index (κ2) is 4.09. The van der Waals surface area contributed by atoms with Crippen LogP contribution in [0.1, 0.15) is 12.8 Å². The normalized spacial score (nSPS) is 25.8. The highest BCUT2D eigenvalue weighted by Crippen LogP contribution is 2.04. The highest BCUT2D eigenvalue weighted by molar-refractivity contribution is 5.80. The minimum atomic E-state index is 0.231. The molecule has 60 valence electrons. The van der Waals surface area contributed by atoms with Gasteiger partial charge in [0.25, 0.3) is 0 Å². The molecule has 1 fully saturated rings. The molecule has 0 saturated carbocycles. The van der Waals surface area contributed by atoms with Crippen molar-refractivity contribution in [3.05, 3.63) is 24.8 Å². The predicted octanol–water partition coefficient (Wildman–Crippen LogP) is 1.05. The minimum absolute atomic E-state index is 0.231. The lowest BCUT2D eigenvalue weighted by atomic mass is 10.0. The molecule has 1 rings (SSSR count). The second-order valence-electron chi connectivity index (χ2n) is 2.67. The summed E-state index contributed by atoms with van der Waals surface area (Å²) in [6.07, 6.45) is 6.88. The molecule has 0 bridgehead atoms. The lowest BCUT2D eigenvalue weighted by Crippen LogP contribution is -2.36. The Hall–Kier alpha value is -0.890.